The third kappa shape index (κ3) is 1.55. The number of fused-ring (bicyclic) bond motifs is 3. The molecule has 13 heavy (non-hydrogen) atoms. The van der Waals surface area contributed by atoms with Crippen molar-refractivity contribution in [1.29, 1.82) is 5.26 Å². The van der Waals surface area contributed by atoms with Crippen LogP contribution in [-0.4, -0.2) is 35.8 Å². The molecule has 0 aliphatic carbocycles. The van der Waals surface area contributed by atoms with E-state index in [9.17, 15) is 0 Å². The normalized spacial score (nSPS) is 39.8. The van der Waals surface area contributed by atoms with Crippen molar-refractivity contribution in [1.82, 2.24) is 10.4 Å². The highest BCUT2D eigenvalue weighted by molar-refractivity contribution is 5.00. The van der Waals surface area contributed by atoms with Crippen molar-refractivity contribution in [2.24, 2.45) is 11.8 Å². The molecular weight excluding hydrogens is 166 g/mol. The Hall–Kier alpha value is -0.630. The topological polar surface area (TPSA) is 59.3 Å². The molecule has 3 rings (SSSR count). The number of hydrogen-bond acceptors (Lipinski definition) is 4. The van der Waals surface area contributed by atoms with E-state index in [1.807, 2.05) is 0 Å². The van der Waals surface area contributed by atoms with Crippen LogP contribution in [0.5, 0.6) is 0 Å². The first-order chi connectivity index (χ1) is 6.35. The summed E-state index contributed by atoms with van der Waals surface area (Å²) in [6.45, 7) is 3.31. The number of rotatable bonds is 2. The summed E-state index contributed by atoms with van der Waals surface area (Å²) in [6.07, 6.45) is 2.37. The first-order valence-electron chi connectivity index (χ1n) is 4.86. The molecule has 2 N–H and O–H groups in total. The van der Waals surface area contributed by atoms with Crippen LogP contribution in [0.1, 0.15) is 12.8 Å². The smallest absolute Gasteiger partial charge is 0.123 e. The molecule has 2 bridgehead atoms. The summed E-state index contributed by atoms with van der Waals surface area (Å²) in [5, 5.41) is 17.6. The molecule has 3 aliphatic heterocycles. The molecular formula is C9H15N3O. The van der Waals surface area contributed by atoms with E-state index in [0.717, 1.165) is 6.54 Å². The van der Waals surface area contributed by atoms with Crippen LogP contribution in [-0.2, 0) is 0 Å². The lowest BCUT2D eigenvalue weighted by Crippen LogP contribution is -2.53. The van der Waals surface area contributed by atoms with E-state index in [0.29, 0.717) is 11.8 Å². The highest BCUT2D eigenvalue weighted by Crippen LogP contribution is 2.33. The zero-order valence-electron chi connectivity index (χ0n) is 7.61. The lowest BCUT2D eigenvalue weighted by atomic mass is 9.76. The first kappa shape index (κ1) is 8.95. The van der Waals surface area contributed by atoms with E-state index < -0.39 is 0 Å². The Morgan fingerprint density at radius 2 is 2.15 bits per heavy atom. The van der Waals surface area contributed by atoms with Crippen LogP contribution in [0.2, 0.25) is 0 Å². The van der Waals surface area contributed by atoms with Gasteiger partial charge in [-0.25, -0.2) is 0 Å². The summed E-state index contributed by atoms with van der Waals surface area (Å²) >= 11 is 0. The third-order valence-corrected chi connectivity index (χ3v) is 3.41. The molecule has 0 aromatic heterocycles. The van der Waals surface area contributed by atoms with Crippen molar-refractivity contribution in [3.05, 3.63) is 0 Å². The van der Waals surface area contributed by atoms with Crippen LogP contribution in [0, 0.1) is 23.2 Å². The maximum Gasteiger partial charge on any atom is 0.123 e. The van der Waals surface area contributed by atoms with E-state index >= 15 is 0 Å². The van der Waals surface area contributed by atoms with Gasteiger partial charge in [-0.3, -0.25) is 0 Å². The van der Waals surface area contributed by atoms with E-state index in [1.165, 1.54) is 25.9 Å². The number of nitrogens with zero attached hydrogens (tertiary/aromatic N) is 2. The van der Waals surface area contributed by atoms with E-state index in [-0.39, 0.29) is 6.04 Å². The van der Waals surface area contributed by atoms with Crippen LogP contribution in [0.4, 0.5) is 0 Å². The van der Waals surface area contributed by atoms with E-state index in [4.69, 9.17) is 10.5 Å². The van der Waals surface area contributed by atoms with E-state index in [1.54, 1.807) is 0 Å². The average Bonchev–Trinajstić information content (AvgIpc) is 2.22. The lowest BCUT2D eigenvalue weighted by molar-refractivity contribution is 0.0101. The largest absolute Gasteiger partial charge is 0.316 e. The SMILES string of the molecule is N#CC(NO)C1CN2CCC1CC2. The van der Waals surface area contributed by atoms with Gasteiger partial charge in [0, 0.05) is 12.5 Å². The van der Waals surface area contributed by atoms with Gasteiger partial charge in [0.05, 0.1) is 6.07 Å². The van der Waals surface area contributed by atoms with Crippen molar-refractivity contribution in [3.63, 3.8) is 0 Å². The molecule has 3 fully saturated rings. The Balaban J connectivity index is 2.04. The maximum absolute atomic E-state index is 8.82. The minimum atomic E-state index is -0.381. The lowest BCUT2D eigenvalue weighted by Gasteiger charge is -2.45. The van der Waals surface area contributed by atoms with Crippen LogP contribution >= 0.6 is 0 Å². The van der Waals surface area contributed by atoms with Gasteiger partial charge in [-0.1, -0.05) is 0 Å². The molecule has 0 amide bonds. The predicted molar refractivity (Wildman–Crippen MR) is 47.0 cm³/mol. The standard InChI is InChI=1S/C9H15N3O/c10-5-9(11-13)8-6-12-3-1-7(8)2-4-12/h7-9,11,13H,1-4,6H2. The summed E-state index contributed by atoms with van der Waals surface area (Å²) in [5.74, 6) is 0.951. The van der Waals surface area contributed by atoms with Gasteiger partial charge < -0.3 is 10.1 Å². The zero-order valence-corrected chi connectivity index (χ0v) is 7.61. The van der Waals surface area contributed by atoms with Gasteiger partial charge in [-0.2, -0.15) is 10.7 Å². The van der Waals surface area contributed by atoms with Crippen molar-refractivity contribution in [2.75, 3.05) is 19.6 Å². The Morgan fingerprint density at radius 1 is 1.46 bits per heavy atom. The van der Waals surface area contributed by atoms with E-state index in [2.05, 4.69) is 16.4 Å². The second kappa shape index (κ2) is 3.62. The minimum Gasteiger partial charge on any atom is -0.316 e. The number of hydroxylamine groups is 1. The molecule has 3 aliphatic rings. The van der Waals surface area contributed by atoms with Gasteiger partial charge in [-0.05, 0) is 31.8 Å². The maximum atomic E-state index is 8.82. The summed E-state index contributed by atoms with van der Waals surface area (Å²) in [4.78, 5) is 2.38. The zero-order chi connectivity index (χ0) is 9.26. The summed E-state index contributed by atoms with van der Waals surface area (Å²) in [7, 11) is 0. The van der Waals surface area contributed by atoms with Crippen molar-refractivity contribution < 1.29 is 5.21 Å². The molecule has 4 nitrogen and oxygen atoms in total. The van der Waals surface area contributed by atoms with Crippen LogP contribution < -0.4 is 5.48 Å². The van der Waals surface area contributed by atoms with Crippen molar-refractivity contribution in [2.45, 2.75) is 18.9 Å². The minimum absolute atomic E-state index is 0.317. The fraction of sp³-hybridized carbons (Fsp3) is 0.889. The third-order valence-electron chi connectivity index (χ3n) is 3.41. The molecule has 4 heteroatoms. The van der Waals surface area contributed by atoms with Crippen LogP contribution in [0.3, 0.4) is 0 Å². The molecule has 0 spiro atoms. The quantitative estimate of drug-likeness (QED) is 0.597. The second-order valence-corrected chi connectivity index (χ2v) is 4.04. The highest BCUT2D eigenvalue weighted by atomic mass is 16.5. The number of nitriles is 1. The Kier molecular flexibility index (Phi) is 2.49. The van der Waals surface area contributed by atoms with Gasteiger partial charge >= 0.3 is 0 Å². The van der Waals surface area contributed by atoms with Gasteiger partial charge in [0.15, 0.2) is 0 Å². The van der Waals surface area contributed by atoms with Crippen molar-refractivity contribution in [3.8, 4) is 6.07 Å². The molecule has 72 valence electrons. The van der Waals surface area contributed by atoms with Crippen LogP contribution in [0.25, 0.3) is 0 Å². The summed E-state index contributed by atoms with van der Waals surface area (Å²) in [6, 6.07) is 1.74. The fourth-order valence-electron chi connectivity index (χ4n) is 2.61. The number of hydrogen-bond donors (Lipinski definition) is 2. The van der Waals surface area contributed by atoms with Crippen molar-refractivity contribution >= 4 is 0 Å². The molecule has 0 aromatic carbocycles. The molecule has 2 unspecified atom stereocenters. The van der Waals surface area contributed by atoms with Crippen LogP contribution in [0.15, 0.2) is 0 Å². The Labute approximate surface area is 78.1 Å². The summed E-state index contributed by atoms with van der Waals surface area (Å²) < 4.78 is 0. The monoisotopic (exact) mass is 181 g/mol. The Bertz CT molecular complexity index is 217. The second-order valence-electron chi connectivity index (χ2n) is 4.04. The fourth-order valence-corrected chi connectivity index (χ4v) is 2.61. The number of nitrogens with one attached hydrogen (secondary N) is 1. The van der Waals surface area contributed by atoms with Gasteiger partial charge in [-0.15, -0.1) is 0 Å². The highest BCUT2D eigenvalue weighted by Gasteiger charge is 2.38. The van der Waals surface area contributed by atoms with Gasteiger partial charge in [0.2, 0.25) is 0 Å². The molecule has 0 saturated carbocycles. The molecule has 0 radical (unpaired) electrons. The van der Waals surface area contributed by atoms with Gasteiger partial charge in [0.25, 0.3) is 0 Å². The molecule has 3 saturated heterocycles. The molecule has 3 heterocycles. The molecule has 2 atom stereocenters. The van der Waals surface area contributed by atoms with Gasteiger partial charge in [0.1, 0.15) is 6.04 Å². The summed E-state index contributed by atoms with van der Waals surface area (Å²) in [5.41, 5.74) is 2.12. The molecule has 0 aromatic rings. The number of piperidine rings is 3. The first-order valence-corrected chi connectivity index (χ1v) is 4.86. The Morgan fingerprint density at radius 3 is 2.54 bits per heavy atom. The predicted octanol–water partition coefficient (Wildman–Crippen LogP) is 0.199. The average molecular weight is 181 g/mol.